The lowest BCUT2D eigenvalue weighted by molar-refractivity contribution is 0.619. The Labute approximate surface area is 268 Å². The van der Waals surface area contributed by atoms with E-state index < -0.39 is 0 Å². The Kier molecular flexibility index (Phi) is 5.80. The van der Waals surface area contributed by atoms with Gasteiger partial charge in [0.2, 0.25) is 11.8 Å². The van der Waals surface area contributed by atoms with E-state index in [-0.39, 0.29) is 0 Å². The first-order chi connectivity index (χ1) is 23.1. The van der Waals surface area contributed by atoms with Crippen molar-refractivity contribution in [3.63, 3.8) is 0 Å². The number of hydrogen-bond acceptors (Lipinski definition) is 5. The van der Waals surface area contributed by atoms with Crippen LogP contribution in [-0.2, 0) is 0 Å². The second-order valence-corrected chi connectivity index (χ2v) is 11.3. The summed E-state index contributed by atoms with van der Waals surface area (Å²) in [5.41, 5.74) is 10.5. The summed E-state index contributed by atoms with van der Waals surface area (Å²) in [5.74, 6) is 1.12. The molecule has 0 aliphatic carbocycles. The molecule has 0 amide bonds. The van der Waals surface area contributed by atoms with Crippen molar-refractivity contribution in [2.24, 2.45) is 0 Å². The Balaban J connectivity index is 1.23. The summed E-state index contributed by atoms with van der Waals surface area (Å²) in [7, 11) is 0. The van der Waals surface area contributed by atoms with E-state index in [4.69, 9.17) is 25.4 Å². The van der Waals surface area contributed by atoms with Gasteiger partial charge in [-0.05, 0) is 102 Å². The monoisotopic (exact) mass is 603 g/mol. The summed E-state index contributed by atoms with van der Waals surface area (Å²) in [6.45, 7) is 7.45. The minimum absolute atomic E-state index is 0.440. The van der Waals surface area contributed by atoms with E-state index in [0.717, 1.165) is 71.9 Å². The molecule has 0 radical (unpaired) electrons. The molecule has 7 heteroatoms. The Bertz CT molecular complexity index is 2540. The average Bonchev–Trinajstić information content (AvgIpc) is 3.85. The third-order valence-electron chi connectivity index (χ3n) is 8.48. The first-order valence-corrected chi connectivity index (χ1v) is 15.0. The summed E-state index contributed by atoms with van der Waals surface area (Å²) < 4.78 is 14.5. The van der Waals surface area contributed by atoms with E-state index in [9.17, 15) is 5.26 Å². The number of nitriles is 1. The second kappa shape index (κ2) is 10.3. The van der Waals surface area contributed by atoms with Crippen molar-refractivity contribution in [2.45, 2.75) is 0 Å². The average molecular weight is 604 g/mol. The van der Waals surface area contributed by atoms with Crippen molar-refractivity contribution in [3.8, 4) is 45.8 Å². The van der Waals surface area contributed by atoms with Crippen LogP contribution in [0.5, 0.6) is 0 Å². The summed E-state index contributed by atoms with van der Waals surface area (Å²) in [5, 5.41) is 11.5. The highest BCUT2D eigenvalue weighted by atomic mass is 16.4. The molecule has 0 bridgehead atoms. The fourth-order valence-corrected chi connectivity index (χ4v) is 6.27. The van der Waals surface area contributed by atoms with E-state index in [1.807, 2.05) is 84.9 Å². The zero-order valence-corrected chi connectivity index (χ0v) is 24.7. The number of fused-ring (bicyclic) bond motifs is 5. The van der Waals surface area contributed by atoms with Crippen molar-refractivity contribution in [2.75, 3.05) is 0 Å². The molecule has 9 rings (SSSR count). The van der Waals surface area contributed by atoms with Gasteiger partial charge in [0, 0.05) is 33.2 Å². The quantitative estimate of drug-likeness (QED) is 0.187. The lowest BCUT2D eigenvalue weighted by Gasteiger charge is -2.10. The van der Waals surface area contributed by atoms with Crippen LogP contribution in [0.4, 0.5) is 5.69 Å². The number of oxazole rings is 2. The molecule has 0 saturated heterocycles. The molecule has 47 heavy (non-hydrogen) atoms. The standard InChI is InChI=1S/C40H21N5O2/c1-42-29-19-24(23-41)18-28(20-29)25-10-14-30(15-11-25)45-35-16-12-26(39-43-33-6-2-4-8-37(33)46-39)21-31(35)32-22-27(13-17-36(32)45)40-44-34-7-3-5-9-38(34)47-40/h2-22H. The molecule has 0 aliphatic rings. The third kappa shape index (κ3) is 4.34. The summed E-state index contributed by atoms with van der Waals surface area (Å²) >= 11 is 0. The van der Waals surface area contributed by atoms with E-state index in [0.29, 0.717) is 23.0 Å². The minimum Gasteiger partial charge on any atom is -0.436 e. The van der Waals surface area contributed by atoms with Crippen LogP contribution in [0.3, 0.4) is 0 Å². The number of para-hydroxylation sites is 4. The van der Waals surface area contributed by atoms with Gasteiger partial charge < -0.3 is 13.4 Å². The first kappa shape index (κ1) is 26.4. The van der Waals surface area contributed by atoms with Crippen molar-refractivity contribution in [3.05, 3.63) is 144 Å². The predicted molar refractivity (Wildman–Crippen MR) is 183 cm³/mol. The zero-order valence-electron chi connectivity index (χ0n) is 24.7. The third-order valence-corrected chi connectivity index (χ3v) is 8.48. The normalized spacial score (nSPS) is 11.4. The van der Waals surface area contributed by atoms with Crippen LogP contribution in [0, 0.1) is 17.9 Å². The van der Waals surface area contributed by atoms with Crippen molar-refractivity contribution < 1.29 is 8.83 Å². The number of hydrogen-bond donors (Lipinski definition) is 0. The predicted octanol–water partition coefficient (Wildman–Crippen LogP) is 10.5. The van der Waals surface area contributed by atoms with Crippen LogP contribution in [0.25, 0.3) is 88.6 Å². The molecule has 0 saturated carbocycles. The van der Waals surface area contributed by atoms with Crippen LogP contribution in [0.1, 0.15) is 5.56 Å². The van der Waals surface area contributed by atoms with Gasteiger partial charge in [-0.15, -0.1) is 0 Å². The van der Waals surface area contributed by atoms with Crippen molar-refractivity contribution in [1.82, 2.24) is 14.5 Å². The van der Waals surface area contributed by atoms with Gasteiger partial charge in [0.05, 0.1) is 23.7 Å². The van der Waals surface area contributed by atoms with E-state index >= 15 is 0 Å². The van der Waals surface area contributed by atoms with Gasteiger partial charge >= 0.3 is 0 Å². The Hall–Kier alpha value is -6.96. The van der Waals surface area contributed by atoms with Gasteiger partial charge in [-0.2, -0.15) is 5.26 Å². The van der Waals surface area contributed by atoms with Crippen molar-refractivity contribution >= 4 is 49.7 Å². The molecular weight excluding hydrogens is 582 g/mol. The lowest BCUT2D eigenvalue weighted by Crippen LogP contribution is -1.94. The smallest absolute Gasteiger partial charge is 0.227 e. The van der Waals surface area contributed by atoms with Crippen LogP contribution in [-0.4, -0.2) is 14.5 Å². The Morgan fingerprint density at radius 3 is 1.68 bits per heavy atom. The topological polar surface area (TPSA) is 85.1 Å². The maximum Gasteiger partial charge on any atom is 0.227 e. The molecular formula is C40H21N5O2. The maximum absolute atomic E-state index is 9.48. The second-order valence-electron chi connectivity index (χ2n) is 11.3. The highest BCUT2D eigenvalue weighted by Crippen LogP contribution is 2.38. The molecule has 6 aromatic carbocycles. The van der Waals surface area contributed by atoms with Crippen LogP contribution in [0.2, 0.25) is 0 Å². The van der Waals surface area contributed by atoms with E-state index in [2.05, 4.69) is 51.9 Å². The molecule has 0 N–H and O–H groups in total. The van der Waals surface area contributed by atoms with Crippen molar-refractivity contribution in [1.29, 1.82) is 5.26 Å². The fourth-order valence-electron chi connectivity index (χ4n) is 6.27. The van der Waals surface area contributed by atoms with Gasteiger partial charge in [0.15, 0.2) is 16.9 Å². The molecule has 3 aromatic heterocycles. The minimum atomic E-state index is 0.440. The highest BCUT2D eigenvalue weighted by Gasteiger charge is 2.18. The number of nitrogens with zero attached hydrogens (tertiary/aromatic N) is 5. The molecule has 218 valence electrons. The van der Waals surface area contributed by atoms with Crippen LogP contribution < -0.4 is 0 Å². The largest absolute Gasteiger partial charge is 0.436 e. The Morgan fingerprint density at radius 1 is 0.596 bits per heavy atom. The molecule has 9 aromatic rings. The number of benzene rings is 6. The van der Waals surface area contributed by atoms with E-state index in [1.165, 1.54) is 0 Å². The lowest BCUT2D eigenvalue weighted by atomic mass is 10.0. The first-order valence-electron chi connectivity index (χ1n) is 15.0. The van der Waals surface area contributed by atoms with Gasteiger partial charge in [0.25, 0.3) is 0 Å². The number of rotatable bonds is 4. The van der Waals surface area contributed by atoms with Gasteiger partial charge in [0.1, 0.15) is 11.0 Å². The number of aromatic nitrogens is 3. The summed E-state index contributed by atoms with van der Waals surface area (Å²) in [4.78, 5) is 13.0. The molecule has 0 unspecified atom stereocenters. The van der Waals surface area contributed by atoms with Gasteiger partial charge in [-0.3, -0.25) is 0 Å². The Morgan fingerprint density at radius 2 is 1.15 bits per heavy atom. The summed E-state index contributed by atoms with van der Waals surface area (Å²) in [6.07, 6.45) is 0. The zero-order chi connectivity index (χ0) is 31.5. The SMILES string of the molecule is [C-]#[N+]c1cc(C#N)cc(-c2ccc(-n3c4ccc(-c5nc6ccccc6o5)cc4c4cc(-c5nc6ccccc6o5)ccc43)cc2)c1. The molecule has 0 atom stereocenters. The molecule has 0 spiro atoms. The van der Waals surface area contributed by atoms with Crippen LogP contribution >= 0.6 is 0 Å². The fraction of sp³-hybridized carbons (Fsp3) is 0. The maximum atomic E-state index is 9.48. The summed E-state index contributed by atoms with van der Waals surface area (Å²) in [6, 6.07) is 43.6. The van der Waals surface area contributed by atoms with Gasteiger partial charge in [-0.1, -0.05) is 36.4 Å². The molecule has 3 heterocycles. The molecule has 7 nitrogen and oxygen atoms in total. The van der Waals surface area contributed by atoms with E-state index in [1.54, 1.807) is 6.07 Å². The molecule has 0 fully saturated rings. The van der Waals surface area contributed by atoms with Gasteiger partial charge in [-0.25, -0.2) is 14.8 Å². The molecule has 0 aliphatic heterocycles. The van der Waals surface area contributed by atoms with Crippen LogP contribution in [0.15, 0.2) is 136 Å². The highest BCUT2D eigenvalue weighted by molar-refractivity contribution is 6.11.